The highest BCUT2D eigenvalue weighted by molar-refractivity contribution is 5.47. The smallest absolute Gasteiger partial charge is 0.152 e. The molecule has 4 heteroatoms. The molecular formula is C12H14F3N. The molecule has 2 atom stereocenters. The van der Waals surface area contributed by atoms with Crippen LogP contribution in [0, 0.1) is 23.4 Å². The highest BCUT2D eigenvalue weighted by Crippen LogP contribution is 2.29. The number of anilines is 1. The first-order valence-electron chi connectivity index (χ1n) is 5.47. The van der Waals surface area contributed by atoms with Gasteiger partial charge in [-0.05, 0) is 25.2 Å². The molecular weight excluding hydrogens is 215 g/mol. The maximum absolute atomic E-state index is 13.3. The highest BCUT2D eigenvalue weighted by Gasteiger charge is 2.23. The summed E-state index contributed by atoms with van der Waals surface area (Å²) in [6.07, 6.45) is 2.86. The van der Waals surface area contributed by atoms with Crippen molar-refractivity contribution in [1.29, 1.82) is 0 Å². The molecule has 1 fully saturated rings. The summed E-state index contributed by atoms with van der Waals surface area (Å²) in [5.74, 6) is -2.04. The van der Waals surface area contributed by atoms with Crippen LogP contribution in [0.3, 0.4) is 0 Å². The molecule has 1 aromatic rings. The largest absolute Gasteiger partial charge is 0.378 e. The minimum absolute atomic E-state index is 0.0875. The molecule has 1 aliphatic rings. The summed E-state index contributed by atoms with van der Waals surface area (Å²) in [5.41, 5.74) is -0.208. The van der Waals surface area contributed by atoms with Gasteiger partial charge in [0.15, 0.2) is 11.6 Å². The fourth-order valence-corrected chi connectivity index (χ4v) is 2.22. The SMILES string of the molecule is CC1CCC(Nc2c(F)cc(F)cc2F)C1. The molecule has 1 aromatic carbocycles. The first kappa shape index (κ1) is 11.3. The average molecular weight is 229 g/mol. The van der Waals surface area contributed by atoms with Crippen LogP contribution in [0.25, 0.3) is 0 Å². The number of benzene rings is 1. The van der Waals surface area contributed by atoms with Crippen molar-refractivity contribution in [3.05, 3.63) is 29.6 Å². The summed E-state index contributed by atoms with van der Waals surface area (Å²) in [7, 11) is 0. The van der Waals surface area contributed by atoms with E-state index < -0.39 is 17.5 Å². The normalized spacial score (nSPS) is 24.8. The minimum Gasteiger partial charge on any atom is -0.378 e. The Kier molecular flexibility index (Phi) is 3.08. The molecule has 0 aliphatic heterocycles. The van der Waals surface area contributed by atoms with E-state index >= 15 is 0 Å². The van der Waals surface area contributed by atoms with Gasteiger partial charge in [0, 0.05) is 18.2 Å². The molecule has 88 valence electrons. The van der Waals surface area contributed by atoms with Crippen molar-refractivity contribution < 1.29 is 13.2 Å². The first-order chi connectivity index (χ1) is 7.56. The second kappa shape index (κ2) is 4.36. The van der Waals surface area contributed by atoms with Crippen molar-refractivity contribution in [2.45, 2.75) is 32.2 Å². The number of nitrogens with one attached hydrogen (secondary N) is 1. The Bertz CT molecular complexity index is 369. The summed E-state index contributed by atoms with van der Waals surface area (Å²) in [6, 6.07) is 1.48. The first-order valence-corrected chi connectivity index (χ1v) is 5.47. The quantitative estimate of drug-likeness (QED) is 0.815. The Morgan fingerprint density at radius 2 is 1.75 bits per heavy atom. The molecule has 1 nitrogen and oxygen atoms in total. The van der Waals surface area contributed by atoms with E-state index in [1.165, 1.54) is 0 Å². The molecule has 2 unspecified atom stereocenters. The summed E-state index contributed by atoms with van der Waals surface area (Å²) in [6.45, 7) is 2.11. The van der Waals surface area contributed by atoms with Gasteiger partial charge >= 0.3 is 0 Å². The van der Waals surface area contributed by atoms with E-state index in [0.29, 0.717) is 18.1 Å². The summed E-state index contributed by atoms with van der Waals surface area (Å²) >= 11 is 0. The summed E-state index contributed by atoms with van der Waals surface area (Å²) in [4.78, 5) is 0. The van der Waals surface area contributed by atoms with E-state index in [2.05, 4.69) is 12.2 Å². The van der Waals surface area contributed by atoms with E-state index in [-0.39, 0.29) is 11.7 Å². The van der Waals surface area contributed by atoms with Crippen LogP contribution in [0.2, 0.25) is 0 Å². The Morgan fingerprint density at radius 1 is 1.12 bits per heavy atom. The molecule has 0 aromatic heterocycles. The molecule has 0 spiro atoms. The lowest BCUT2D eigenvalue weighted by molar-refractivity contribution is 0.541. The Labute approximate surface area is 92.7 Å². The third kappa shape index (κ3) is 2.31. The number of halogens is 3. The lowest BCUT2D eigenvalue weighted by Gasteiger charge is -2.15. The van der Waals surface area contributed by atoms with Crippen molar-refractivity contribution in [1.82, 2.24) is 0 Å². The van der Waals surface area contributed by atoms with Gasteiger partial charge in [-0.1, -0.05) is 6.92 Å². The molecule has 0 heterocycles. The molecule has 1 N–H and O–H groups in total. The lowest BCUT2D eigenvalue weighted by Crippen LogP contribution is -2.17. The van der Waals surface area contributed by atoms with Gasteiger partial charge in [-0.15, -0.1) is 0 Å². The Balaban J connectivity index is 2.15. The van der Waals surface area contributed by atoms with E-state index in [1.54, 1.807) is 0 Å². The molecule has 2 rings (SSSR count). The standard InChI is InChI=1S/C12H14F3N/c1-7-2-3-9(4-7)16-12-10(14)5-8(13)6-11(12)15/h5-7,9,16H,2-4H2,1H3. The van der Waals surface area contributed by atoms with Crippen molar-refractivity contribution in [3.63, 3.8) is 0 Å². The molecule has 16 heavy (non-hydrogen) atoms. The molecule has 0 saturated heterocycles. The van der Waals surface area contributed by atoms with Crippen LogP contribution in [0.1, 0.15) is 26.2 Å². The Hall–Kier alpha value is -1.19. The minimum atomic E-state index is -0.889. The second-order valence-electron chi connectivity index (χ2n) is 4.50. The van der Waals surface area contributed by atoms with E-state index in [0.717, 1.165) is 19.3 Å². The van der Waals surface area contributed by atoms with Crippen LogP contribution < -0.4 is 5.32 Å². The molecule has 0 radical (unpaired) electrons. The van der Waals surface area contributed by atoms with Gasteiger partial charge in [0.1, 0.15) is 11.5 Å². The van der Waals surface area contributed by atoms with E-state index in [1.807, 2.05) is 0 Å². The summed E-state index contributed by atoms with van der Waals surface area (Å²) in [5, 5.41) is 2.82. The third-order valence-electron chi connectivity index (χ3n) is 3.05. The van der Waals surface area contributed by atoms with Crippen LogP contribution >= 0.6 is 0 Å². The predicted molar refractivity (Wildman–Crippen MR) is 56.7 cm³/mol. The van der Waals surface area contributed by atoms with Gasteiger partial charge in [-0.2, -0.15) is 0 Å². The van der Waals surface area contributed by atoms with Gasteiger partial charge in [0.25, 0.3) is 0 Å². The van der Waals surface area contributed by atoms with Gasteiger partial charge in [-0.25, -0.2) is 13.2 Å². The van der Waals surface area contributed by atoms with Crippen molar-refractivity contribution in [2.75, 3.05) is 5.32 Å². The van der Waals surface area contributed by atoms with Gasteiger partial charge in [-0.3, -0.25) is 0 Å². The molecule has 0 amide bonds. The fourth-order valence-electron chi connectivity index (χ4n) is 2.22. The summed E-state index contributed by atoms with van der Waals surface area (Å²) < 4.78 is 39.3. The number of rotatable bonds is 2. The maximum atomic E-state index is 13.3. The fraction of sp³-hybridized carbons (Fsp3) is 0.500. The zero-order valence-corrected chi connectivity index (χ0v) is 9.06. The third-order valence-corrected chi connectivity index (χ3v) is 3.05. The van der Waals surface area contributed by atoms with Gasteiger partial charge < -0.3 is 5.32 Å². The Morgan fingerprint density at radius 3 is 2.25 bits per heavy atom. The topological polar surface area (TPSA) is 12.0 Å². The average Bonchev–Trinajstić information content (AvgIpc) is 2.58. The molecule has 1 aliphatic carbocycles. The van der Waals surface area contributed by atoms with Crippen molar-refractivity contribution in [2.24, 2.45) is 5.92 Å². The van der Waals surface area contributed by atoms with Crippen LogP contribution in [0.5, 0.6) is 0 Å². The predicted octanol–water partition coefficient (Wildman–Crippen LogP) is 3.70. The zero-order chi connectivity index (χ0) is 11.7. The van der Waals surface area contributed by atoms with Crippen molar-refractivity contribution in [3.8, 4) is 0 Å². The van der Waals surface area contributed by atoms with Crippen LogP contribution in [-0.4, -0.2) is 6.04 Å². The van der Waals surface area contributed by atoms with E-state index in [9.17, 15) is 13.2 Å². The van der Waals surface area contributed by atoms with Gasteiger partial charge in [0.2, 0.25) is 0 Å². The highest BCUT2D eigenvalue weighted by atomic mass is 19.1. The van der Waals surface area contributed by atoms with Crippen LogP contribution in [0.4, 0.5) is 18.9 Å². The number of hydrogen-bond donors (Lipinski definition) is 1. The van der Waals surface area contributed by atoms with Crippen LogP contribution in [-0.2, 0) is 0 Å². The second-order valence-corrected chi connectivity index (χ2v) is 4.50. The molecule has 0 bridgehead atoms. The number of hydrogen-bond acceptors (Lipinski definition) is 1. The van der Waals surface area contributed by atoms with Crippen molar-refractivity contribution >= 4 is 5.69 Å². The van der Waals surface area contributed by atoms with Gasteiger partial charge in [0.05, 0.1) is 0 Å². The molecule has 1 saturated carbocycles. The lowest BCUT2D eigenvalue weighted by atomic mass is 10.1. The van der Waals surface area contributed by atoms with E-state index in [4.69, 9.17) is 0 Å². The zero-order valence-electron chi connectivity index (χ0n) is 9.06. The van der Waals surface area contributed by atoms with Crippen LogP contribution in [0.15, 0.2) is 12.1 Å². The monoisotopic (exact) mass is 229 g/mol. The maximum Gasteiger partial charge on any atom is 0.152 e.